The fourth-order valence-electron chi connectivity index (χ4n) is 2.06. The van der Waals surface area contributed by atoms with Gasteiger partial charge in [0.25, 0.3) is 5.91 Å². The number of hydrogen-bond donors (Lipinski definition) is 1. The zero-order valence-corrected chi connectivity index (χ0v) is 12.5. The number of anilines is 1. The van der Waals surface area contributed by atoms with Crippen LogP contribution in [0.5, 0.6) is 0 Å². The van der Waals surface area contributed by atoms with E-state index in [9.17, 15) is 9.59 Å². The van der Waals surface area contributed by atoms with E-state index in [2.05, 4.69) is 10.3 Å². The van der Waals surface area contributed by atoms with Gasteiger partial charge in [-0.05, 0) is 23.6 Å². The van der Waals surface area contributed by atoms with E-state index < -0.39 is 0 Å². The van der Waals surface area contributed by atoms with Crippen molar-refractivity contribution in [3.63, 3.8) is 0 Å². The topological polar surface area (TPSA) is 62.3 Å². The number of pyridine rings is 1. The summed E-state index contributed by atoms with van der Waals surface area (Å²) in [5.41, 5.74) is 0.604. The van der Waals surface area contributed by atoms with Gasteiger partial charge in [-0.25, -0.2) is 4.98 Å². The standard InChI is InChI=1S/C14H12ClN3O2S/c15-12-4-3-10(6-16-12)17-13(19)9-7-18(8-9)14(20)11-2-1-5-21-11/h1-6,9H,7-8H2,(H,17,19). The van der Waals surface area contributed by atoms with Crippen molar-refractivity contribution in [1.82, 2.24) is 9.88 Å². The Bertz CT molecular complexity index is 651. The van der Waals surface area contributed by atoms with Gasteiger partial charge in [-0.2, -0.15) is 0 Å². The second-order valence-corrected chi connectivity index (χ2v) is 6.08. The third kappa shape index (κ3) is 3.06. The van der Waals surface area contributed by atoms with Gasteiger partial charge in [-0.3, -0.25) is 9.59 Å². The number of hydrogen-bond acceptors (Lipinski definition) is 4. The Morgan fingerprint density at radius 3 is 2.76 bits per heavy atom. The van der Waals surface area contributed by atoms with Crippen LogP contribution < -0.4 is 5.32 Å². The fraction of sp³-hybridized carbons (Fsp3) is 0.214. The molecule has 1 aliphatic heterocycles. The summed E-state index contributed by atoms with van der Waals surface area (Å²) in [6, 6.07) is 6.94. The van der Waals surface area contributed by atoms with E-state index in [1.807, 2.05) is 11.4 Å². The molecule has 1 aliphatic rings. The molecular formula is C14H12ClN3O2S. The summed E-state index contributed by atoms with van der Waals surface area (Å²) in [7, 11) is 0. The van der Waals surface area contributed by atoms with Crippen molar-refractivity contribution in [2.24, 2.45) is 5.92 Å². The average molecular weight is 322 g/mol. The number of halogens is 1. The maximum atomic E-state index is 12.0. The van der Waals surface area contributed by atoms with Crippen molar-refractivity contribution < 1.29 is 9.59 Å². The number of carbonyl (C=O) groups is 2. The van der Waals surface area contributed by atoms with E-state index in [-0.39, 0.29) is 17.7 Å². The predicted octanol–water partition coefficient (Wildman–Crippen LogP) is 2.51. The Morgan fingerprint density at radius 2 is 2.14 bits per heavy atom. The monoisotopic (exact) mass is 321 g/mol. The molecule has 7 heteroatoms. The van der Waals surface area contributed by atoms with Gasteiger partial charge < -0.3 is 10.2 Å². The second-order valence-electron chi connectivity index (χ2n) is 4.74. The normalized spacial score (nSPS) is 14.6. The number of rotatable bonds is 3. The molecule has 0 bridgehead atoms. The van der Waals surface area contributed by atoms with Crippen LogP contribution in [0.25, 0.3) is 0 Å². The lowest BCUT2D eigenvalue weighted by Gasteiger charge is -2.37. The molecule has 0 saturated carbocycles. The van der Waals surface area contributed by atoms with E-state index in [1.165, 1.54) is 17.5 Å². The highest BCUT2D eigenvalue weighted by Crippen LogP contribution is 2.22. The lowest BCUT2D eigenvalue weighted by Crippen LogP contribution is -2.54. The highest BCUT2D eigenvalue weighted by atomic mass is 35.5. The Balaban J connectivity index is 1.53. The molecule has 0 spiro atoms. The molecule has 0 radical (unpaired) electrons. The zero-order valence-electron chi connectivity index (χ0n) is 11.0. The molecule has 2 aromatic rings. The number of thiophene rings is 1. The van der Waals surface area contributed by atoms with Gasteiger partial charge in [0, 0.05) is 13.1 Å². The van der Waals surface area contributed by atoms with Gasteiger partial charge in [0.1, 0.15) is 5.15 Å². The number of carbonyl (C=O) groups excluding carboxylic acids is 2. The minimum atomic E-state index is -0.176. The number of nitrogens with one attached hydrogen (secondary N) is 1. The van der Waals surface area contributed by atoms with Crippen molar-refractivity contribution in [3.8, 4) is 0 Å². The molecule has 21 heavy (non-hydrogen) atoms. The highest BCUT2D eigenvalue weighted by Gasteiger charge is 2.36. The van der Waals surface area contributed by atoms with E-state index in [1.54, 1.807) is 23.1 Å². The molecule has 1 fully saturated rings. The maximum absolute atomic E-state index is 12.0. The largest absolute Gasteiger partial charge is 0.336 e. The Hall–Kier alpha value is -1.92. The third-order valence-electron chi connectivity index (χ3n) is 3.27. The first kappa shape index (κ1) is 14.0. The number of nitrogens with zero attached hydrogens (tertiary/aromatic N) is 2. The van der Waals surface area contributed by atoms with Gasteiger partial charge in [0.05, 0.1) is 22.7 Å². The quantitative estimate of drug-likeness (QED) is 0.884. The van der Waals surface area contributed by atoms with Crippen molar-refractivity contribution in [2.45, 2.75) is 0 Å². The van der Waals surface area contributed by atoms with E-state index in [4.69, 9.17) is 11.6 Å². The Kier molecular flexibility index (Phi) is 3.90. The zero-order chi connectivity index (χ0) is 14.8. The van der Waals surface area contributed by atoms with Gasteiger partial charge in [-0.1, -0.05) is 17.7 Å². The minimum absolute atomic E-state index is 0.0118. The molecule has 2 aromatic heterocycles. The first-order valence-corrected chi connectivity index (χ1v) is 7.64. The smallest absolute Gasteiger partial charge is 0.263 e. The van der Waals surface area contributed by atoms with Crippen LogP contribution in [0.2, 0.25) is 5.15 Å². The van der Waals surface area contributed by atoms with E-state index >= 15 is 0 Å². The summed E-state index contributed by atoms with van der Waals surface area (Å²) in [6.45, 7) is 0.896. The Morgan fingerprint density at radius 1 is 1.33 bits per heavy atom. The van der Waals surface area contributed by atoms with Gasteiger partial charge in [-0.15, -0.1) is 11.3 Å². The van der Waals surface area contributed by atoms with Crippen LogP contribution in [0.15, 0.2) is 35.8 Å². The maximum Gasteiger partial charge on any atom is 0.263 e. The lowest BCUT2D eigenvalue weighted by atomic mass is 9.99. The summed E-state index contributed by atoms with van der Waals surface area (Å²) in [4.78, 5) is 30.3. The van der Waals surface area contributed by atoms with Crippen molar-refractivity contribution in [3.05, 3.63) is 45.9 Å². The molecule has 0 aromatic carbocycles. The van der Waals surface area contributed by atoms with Gasteiger partial charge >= 0.3 is 0 Å². The first-order chi connectivity index (χ1) is 10.1. The minimum Gasteiger partial charge on any atom is -0.336 e. The van der Waals surface area contributed by atoms with Crippen LogP contribution in [0, 0.1) is 5.92 Å². The van der Waals surface area contributed by atoms with Crippen molar-refractivity contribution >= 4 is 40.4 Å². The molecule has 0 aliphatic carbocycles. The number of amides is 2. The average Bonchev–Trinajstić information content (AvgIpc) is 2.93. The van der Waals surface area contributed by atoms with Crippen LogP contribution in [0.3, 0.4) is 0 Å². The summed E-state index contributed by atoms with van der Waals surface area (Å²) < 4.78 is 0. The third-order valence-corrected chi connectivity index (χ3v) is 4.35. The number of likely N-dealkylation sites (tertiary alicyclic amines) is 1. The fourth-order valence-corrected chi connectivity index (χ4v) is 2.86. The molecule has 2 amide bonds. The SMILES string of the molecule is O=C(Nc1ccc(Cl)nc1)C1CN(C(=O)c2cccs2)C1. The van der Waals surface area contributed by atoms with Crippen LogP contribution >= 0.6 is 22.9 Å². The van der Waals surface area contributed by atoms with Crippen LogP contribution in [-0.4, -0.2) is 34.8 Å². The van der Waals surface area contributed by atoms with Crippen LogP contribution in [-0.2, 0) is 4.79 Å². The summed E-state index contributed by atoms with van der Waals surface area (Å²) >= 11 is 7.09. The molecular weight excluding hydrogens is 310 g/mol. The summed E-state index contributed by atoms with van der Waals surface area (Å²) in [5, 5.41) is 5.01. The molecule has 5 nitrogen and oxygen atoms in total. The highest BCUT2D eigenvalue weighted by molar-refractivity contribution is 7.12. The van der Waals surface area contributed by atoms with E-state index in [0.717, 1.165) is 0 Å². The predicted molar refractivity (Wildman–Crippen MR) is 81.6 cm³/mol. The Labute approximate surface area is 130 Å². The number of aromatic nitrogens is 1. The van der Waals surface area contributed by atoms with E-state index in [0.29, 0.717) is 28.8 Å². The first-order valence-electron chi connectivity index (χ1n) is 6.38. The molecule has 0 unspecified atom stereocenters. The summed E-state index contributed by atoms with van der Waals surface area (Å²) in [6.07, 6.45) is 1.51. The van der Waals surface area contributed by atoms with Crippen molar-refractivity contribution in [1.29, 1.82) is 0 Å². The summed E-state index contributed by atoms with van der Waals surface area (Å²) in [5.74, 6) is -0.291. The molecule has 3 rings (SSSR count). The molecule has 1 saturated heterocycles. The van der Waals surface area contributed by atoms with Crippen LogP contribution in [0.4, 0.5) is 5.69 Å². The lowest BCUT2D eigenvalue weighted by molar-refractivity contribution is -0.123. The second kappa shape index (κ2) is 5.83. The van der Waals surface area contributed by atoms with Crippen molar-refractivity contribution in [2.75, 3.05) is 18.4 Å². The van der Waals surface area contributed by atoms with Gasteiger partial charge in [0.2, 0.25) is 5.91 Å². The van der Waals surface area contributed by atoms with Crippen LogP contribution in [0.1, 0.15) is 9.67 Å². The molecule has 108 valence electrons. The van der Waals surface area contributed by atoms with Gasteiger partial charge in [0.15, 0.2) is 0 Å². The molecule has 3 heterocycles. The molecule has 1 N–H and O–H groups in total. The molecule has 0 atom stereocenters.